The molecule has 0 bridgehead atoms. The number of aliphatic hydroxyl groups is 1. The maximum absolute atomic E-state index is 12.1. The number of rotatable bonds is 5. The van der Waals surface area contributed by atoms with Crippen LogP contribution < -0.4 is 0 Å². The highest BCUT2D eigenvalue weighted by molar-refractivity contribution is 5.85. The molecule has 0 heterocycles. The molecule has 2 rings (SSSR count). The van der Waals surface area contributed by atoms with Crippen molar-refractivity contribution in [2.75, 3.05) is 20.2 Å². The van der Waals surface area contributed by atoms with E-state index >= 15 is 0 Å². The molecule has 17 heavy (non-hydrogen) atoms. The highest BCUT2D eigenvalue weighted by Crippen LogP contribution is 2.46. The first-order valence-corrected chi connectivity index (χ1v) is 7.04. The van der Waals surface area contributed by atoms with Gasteiger partial charge in [0.05, 0.1) is 12.0 Å². The molecule has 1 N–H and O–H groups in total. The Balaban J connectivity index is 1.73. The second-order valence-electron chi connectivity index (χ2n) is 5.96. The third-order valence-electron chi connectivity index (χ3n) is 4.55. The largest absolute Gasteiger partial charge is 0.395 e. The van der Waals surface area contributed by atoms with Gasteiger partial charge in [0.1, 0.15) is 0 Å². The molecule has 98 valence electrons. The van der Waals surface area contributed by atoms with Gasteiger partial charge < -0.3 is 10.0 Å². The molecule has 2 aliphatic rings. The van der Waals surface area contributed by atoms with Crippen LogP contribution in [0.4, 0.5) is 0 Å². The zero-order valence-electron chi connectivity index (χ0n) is 11.0. The normalized spacial score (nSPS) is 23.4. The van der Waals surface area contributed by atoms with Gasteiger partial charge in [-0.05, 0) is 25.2 Å². The van der Waals surface area contributed by atoms with E-state index in [-0.39, 0.29) is 17.9 Å². The van der Waals surface area contributed by atoms with E-state index in [0.717, 1.165) is 31.7 Å². The fourth-order valence-corrected chi connectivity index (χ4v) is 2.95. The van der Waals surface area contributed by atoms with Crippen LogP contribution in [0.25, 0.3) is 0 Å². The molecule has 0 saturated heterocycles. The van der Waals surface area contributed by atoms with Gasteiger partial charge in [0.25, 0.3) is 0 Å². The topological polar surface area (TPSA) is 40.5 Å². The predicted molar refractivity (Wildman–Crippen MR) is 67.6 cm³/mol. The second-order valence-corrected chi connectivity index (χ2v) is 5.96. The second kappa shape index (κ2) is 5.38. The summed E-state index contributed by atoms with van der Waals surface area (Å²) >= 11 is 0. The smallest absolute Gasteiger partial charge is 0.230 e. The lowest BCUT2D eigenvalue weighted by Crippen LogP contribution is -2.37. The van der Waals surface area contributed by atoms with Crippen molar-refractivity contribution >= 4 is 5.91 Å². The number of carbonyl (C=O) groups is 1. The quantitative estimate of drug-likeness (QED) is 0.799. The molecule has 0 aromatic rings. The van der Waals surface area contributed by atoms with Crippen molar-refractivity contribution in [1.29, 1.82) is 0 Å². The summed E-state index contributed by atoms with van der Waals surface area (Å²) in [6, 6.07) is 0. The zero-order valence-corrected chi connectivity index (χ0v) is 11.0. The van der Waals surface area contributed by atoms with E-state index in [4.69, 9.17) is 0 Å². The summed E-state index contributed by atoms with van der Waals surface area (Å²) in [5, 5.41) is 9.25. The van der Waals surface area contributed by atoms with E-state index in [0.29, 0.717) is 0 Å². The molecule has 0 atom stereocenters. The highest BCUT2D eigenvalue weighted by Gasteiger charge is 2.50. The number of amides is 1. The lowest BCUT2D eigenvalue weighted by molar-refractivity contribution is -0.137. The zero-order chi connectivity index (χ0) is 12.3. The summed E-state index contributed by atoms with van der Waals surface area (Å²) in [7, 11) is 1.89. The Bertz CT molecular complexity index is 267. The Morgan fingerprint density at radius 1 is 1.29 bits per heavy atom. The van der Waals surface area contributed by atoms with Gasteiger partial charge >= 0.3 is 0 Å². The molecule has 1 amide bonds. The summed E-state index contributed by atoms with van der Waals surface area (Å²) in [6.45, 7) is 0.894. The summed E-state index contributed by atoms with van der Waals surface area (Å²) in [5.74, 6) is 0.985. The number of hydrogen-bond donors (Lipinski definition) is 1. The van der Waals surface area contributed by atoms with Gasteiger partial charge in [-0.1, -0.05) is 32.1 Å². The van der Waals surface area contributed by atoms with Crippen molar-refractivity contribution in [3.63, 3.8) is 0 Å². The monoisotopic (exact) mass is 239 g/mol. The number of carbonyl (C=O) groups excluding carboxylic acids is 1. The maximum atomic E-state index is 12.1. The number of aliphatic hydroxyl groups excluding tert-OH is 1. The standard InChI is InChI=1S/C14H25NO2/c1-15(13(17)14(11-16)8-9-14)10-7-12-5-3-2-4-6-12/h12,16H,2-11H2,1H3. The third-order valence-corrected chi connectivity index (χ3v) is 4.55. The average Bonchev–Trinajstić information content (AvgIpc) is 3.17. The minimum Gasteiger partial charge on any atom is -0.395 e. The van der Waals surface area contributed by atoms with Crippen LogP contribution in [-0.4, -0.2) is 36.1 Å². The molecule has 2 aliphatic carbocycles. The van der Waals surface area contributed by atoms with Gasteiger partial charge in [0.2, 0.25) is 5.91 Å². The van der Waals surface area contributed by atoms with Crippen molar-refractivity contribution in [1.82, 2.24) is 4.90 Å². The Morgan fingerprint density at radius 2 is 1.94 bits per heavy atom. The van der Waals surface area contributed by atoms with Crippen LogP contribution >= 0.6 is 0 Å². The van der Waals surface area contributed by atoms with Crippen molar-refractivity contribution in [2.24, 2.45) is 11.3 Å². The van der Waals surface area contributed by atoms with Gasteiger partial charge in [0, 0.05) is 13.6 Å². The van der Waals surface area contributed by atoms with Crippen molar-refractivity contribution < 1.29 is 9.90 Å². The SMILES string of the molecule is CN(CCC1CCCCC1)C(=O)C1(CO)CC1. The predicted octanol–water partition coefficient (Wildman–Crippen LogP) is 2.19. The lowest BCUT2D eigenvalue weighted by atomic mass is 9.87. The van der Waals surface area contributed by atoms with Crippen LogP contribution in [0, 0.1) is 11.3 Å². The van der Waals surface area contributed by atoms with Gasteiger partial charge in [-0.3, -0.25) is 4.79 Å². The van der Waals surface area contributed by atoms with Gasteiger partial charge in [-0.2, -0.15) is 0 Å². The molecule has 0 spiro atoms. The molecule has 3 nitrogen and oxygen atoms in total. The number of nitrogens with zero attached hydrogens (tertiary/aromatic N) is 1. The van der Waals surface area contributed by atoms with Crippen LogP contribution in [0.5, 0.6) is 0 Å². The third kappa shape index (κ3) is 3.01. The van der Waals surface area contributed by atoms with E-state index in [2.05, 4.69) is 0 Å². The summed E-state index contributed by atoms with van der Waals surface area (Å²) in [5.41, 5.74) is -0.388. The number of hydrogen-bond acceptors (Lipinski definition) is 2. The van der Waals surface area contributed by atoms with Crippen LogP contribution in [0.2, 0.25) is 0 Å². The van der Waals surface area contributed by atoms with E-state index in [1.807, 2.05) is 11.9 Å². The maximum Gasteiger partial charge on any atom is 0.230 e. The minimum absolute atomic E-state index is 0.0274. The Labute approximate surface area is 104 Å². The average molecular weight is 239 g/mol. The first-order valence-electron chi connectivity index (χ1n) is 7.04. The van der Waals surface area contributed by atoms with Gasteiger partial charge in [-0.15, -0.1) is 0 Å². The van der Waals surface area contributed by atoms with Crippen LogP contribution in [0.1, 0.15) is 51.4 Å². The molecule has 0 aliphatic heterocycles. The first kappa shape index (κ1) is 12.9. The highest BCUT2D eigenvalue weighted by atomic mass is 16.3. The Morgan fingerprint density at radius 3 is 2.47 bits per heavy atom. The van der Waals surface area contributed by atoms with E-state index in [1.54, 1.807) is 0 Å². The molecule has 0 unspecified atom stereocenters. The lowest BCUT2D eigenvalue weighted by Gasteiger charge is -2.26. The van der Waals surface area contributed by atoms with Crippen LogP contribution in [0.15, 0.2) is 0 Å². The summed E-state index contributed by atoms with van der Waals surface area (Å²) in [4.78, 5) is 13.9. The van der Waals surface area contributed by atoms with Crippen molar-refractivity contribution in [3.8, 4) is 0 Å². The van der Waals surface area contributed by atoms with Crippen molar-refractivity contribution in [3.05, 3.63) is 0 Å². The first-order chi connectivity index (χ1) is 8.18. The fraction of sp³-hybridized carbons (Fsp3) is 0.929. The molecular formula is C14H25NO2. The molecule has 0 aromatic heterocycles. The molecule has 0 radical (unpaired) electrons. The van der Waals surface area contributed by atoms with E-state index < -0.39 is 0 Å². The van der Waals surface area contributed by atoms with Gasteiger partial charge in [-0.25, -0.2) is 0 Å². The summed E-state index contributed by atoms with van der Waals surface area (Å²) < 4.78 is 0. The fourth-order valence-electron chi connectivity index (χ4n) is 2.95. The molecular weight excluding hydrogens is 214 g/mol. The minimum atomic E-state index is -0.388. The van der Waals surface area contributed by atoms with Crippen LogP contribution in [0.3, 0.4) is 0 Å². The molecule has 3 heteroatoms. The van der Waals surface area contributed by atoms with Crippen LogP contribution in [-0.2, 0) is 4.79 Å². The molecule has 2 fully saturated rings. The van der Waals surface area contributed by atoms with E-state index in [9.17, 15) is 9.90 Å². The Hall–Kier alpha value is -0.570. The molecule has 0 aromatic carbocycles. The van der Waals surface area contributed by atoms with Gasteiger partial charge in [0.15, 0.2) is 0 Å². The summed E-state index contributed by atoms with van der Waals surface area (Å²) in [6.07, 6.45) is 9.68. The Kier molecular flexibility index (Phi) is 4.08. The van der Waals surface area contributed by atoms with Crippen molar-refractivity contribution in [2.45, 2.75) is 51.4 Å². The van der Waals surface area contributed by atoms with E-state index in [1.165, 1.54) is 32.1 Å². The molecule has 2 saturated carbocycles.